The molecule has 98 valence electrons. The van der Waals surface area contributed by atoms with Crippen LogP contribution in [0.1, 0.15) is 36.4 Å². The molecular weight excluding hydrogens is 256 g/mol. The van der Waals surface area contributed by atoms with E-state index in [0.717, 1.165) is 29.1 Å². The second kappa shape index (κ2) is 6.46. The van der Waals surface area contributed by atoms with Gasteiger partial charge in [-0.1, -0.05) is 25.5 Å². The molecule has 2 rings (SSSR count). The molecule has 2 aromatic rings. The van der Waals surface area contributed by atoms with Gasteiger partial charge in [0.15, 0.2) is 0 Å². The molecule has 19 heavy (non-hydrogen) atoms. The zero-order chi connectivity index (χ0) is 13.7. The molecule has 1 aromatic carbocycles. The first-order valence-electron chi connectivity index (χ1n) is 6.27. The van der Waals surface area contributed by atoms with Crippen molar-refractivity contribution in [3.63, 3.8) is 0 Å². The number of methoxy groups -OCH3 is 1. The van der Waals surface area contributed by atoms with Gasteiger partial charge in [0.2, 0.25) is 0 Å². The van der Waals surface area contributed by atoms with Gasteiger partial charge in [0.1, 0.15) is 11.1 Å². The summed E-state index contributed by atoms with van der Waals surface area (Å²) in [5.74, 6) is 0. The number of rotatable bonds is 5. The highest BCUT2D eigenvalue weighted by atomic mass is 32.1. The number of nitriles is 1. The third kappa shape index (κ3) is 3.19. The van der Waals surface area contributed by atoms with E-state index in [2.05, 4.69) is 18.0 Å². The van der Waals surface area contributed by atoms with Gasteiger partial charge in [-0.2, -0.15) is 5.26 Å². The fourth-order valence-electron chi connectivity index (χ4n) is 1.89. The van der Waals surface area contributed by atoms with Crippen LogP contribution >= 0.6 is 11.3 Å². The van der Waals surface area contributed by atoms with Crippen LogP contribution in [0.2, 0.25) is 0 Å². The lowest BCUT2D eigenvalue weighted by atomic mass is 10.1. The lowest BCUT2D eigenvalue weighted by Gasteiger charge is -2.10. The molecule has 1 aromatic heterocycles. The number of hydrogen-bond acceptors (Lipinski definition) is 4. The van der Waals surface area contributed by atoms with Gasteiger partial charge in [-0.25, -0.2) is 4.98 Å². The van der Waals surface area contributed by atoms with E-state index in [1.165, 1.54) is 0 Å². The van der Waals surface area contributed by atoms with Crippen molar-refractivity contribution in [1.82, 2.24) is 4.98 Å². The van der Waals surface area contributed by atoms with Gasteiger partial charge in [0, 0.05) is 18.1 Å². The van der Waals surface area contributed by atoms with E-state index >= 15 is 0 Å². The van der Waals surface area contributed by atoms with Gasteiger partial charge in [0.25, 0.3) is 0 Å². The summed E-state index contributed by atoms with van der Waals surface area (Å²) >= 11 is 1.63. The Bertz CT molecular complexity index is 569. The molecule has 0 N–H and O–H groups in total. The zero-order valence-corrected chi connectivity index (χ0v) is 11.9. The quantitative estimate of drug-likeness (QED) is 0.820. The van der Waals surface area contributed by atoms with E-state index in [-0.39, 0.29) is 6.10 Å². The molecule has 0 amide bonds. The Morgan fingerprint density at radius 2 is 2.11 bits per heavy atom. The minimum absolute atomic E-state index is 0.0853. The van der Waals surface area contributed by atoms with E-state index in [1.54, 1.807) is 18.4 Å². The Morgan fingerprint density at radius 3 is 2.68 bits per heavy atom. The topological polar surface area (TPSA) is 45.9 Å². The lowest BCUT2D eigenvalue weighted by Crippen LogP contribution is -2.00. The Kier molecular flexibility index (Phi) is 4.67. The van der Waals surface area contributed by atoms with Crippen LogP contribution in [-0.2, 0) is 4.74 Å². The third-order valence-electron chi connectivity index (χ3n) is 2.94. The summed E-state index contributed by atoms with van der Waals surface area (Å²) in [4.78, 5) is 4.64. The molecule has 0 bridgehead atoms. The molecule has 0 saturated heterocycles. The highest BCUT2D eigenvalue weighted by molar-refractivity contribution is 7.10. The van der Waals surface area contributed by atoms with Crippen molar-refractivity contribution < 1.29 is 4.74 Å². The first-order valence-corrected chi connectivity index (χ1v) is 7.15. The Balaban J connectivity index is 2.22. The molecule has 0 fully saturated rings. The number of hydrogen-bond donors (Lipinski definition) is 0. The normalized spacial score (nSPS) is 12.1. The van der Waals surface area contributed by atoms with Gasteiger partial charge in [0.05, 0.1) is 17.3 Å². The highest BCUT2D eigenvalue weighted by Gasteiger charge is 2.14. The molecule has 1 unspecified atom stereocenters. The van der Waals surface area contributed by atoms with E-state index in [9.17, 15) is 0 Å². The molecule has 4 heteroatoms. The van der Waals surface area contributed by atoms with Gasteiger partial charge in [-0.05, 0) is 18.6 Å². The standard InChI is InChI=1S/C15H16N2OS/c1-3-4-14(18-2)15-17-13(10-19-15)12-7-5-11(9-16)6-8-12/h5-8,10,14H,3-4H2,1-2H3. The fraction of sp³-hybridized carbons (Fsp3) is 0.333. The number of nitrogens with zero attached hydrogens (tertiary/aromatic N) is 2. The van der Waals surface area contributed by atoms with Crippen molar-refractivity contribution in [1.29, 1.82) is 5.26 Å². The van der Waals surface area contributed by atoms with E-state index in [0.29, 0.717) is 5.56 Å². The number of aromatic nitrogens is 1. The van der Waals surface area contributed by atoms with Gasteiger partial charge < -0.3 is 4.74 Å². The SMILES string of the molecule is CCCC(OC)c1nc(-c2ccc(C#N)cc2)cs1. The second-order valence-electron chi connectivity index (χ2n) is 4.27. The number of ether oxygens (including phenoxy) is 1. The molecular formula is C15H16N2OS. The van der Waals surface area contributed by atoms with Crippen molar-refractivity contribution in [2.75, 3.05) is 7.11 Å². The molecule has 3 nitrogen and oxygen atoms in total. The highest BCUT2D eigenvalue weighted by Crippen LogP contribution is 2.29. The van der Waals surface area contributed by atoms with Crippen LogP contribution < -0.4 is 0 Å². The lowest BCUT2D eigenvalue weighted by molar-refractivity contribution is 0.0948. The Morgan fingerprint density at radius 1 is 1.37 bits per heavy atom. The van der Waals surface area contributed by atoms with Crippen molar-refractivity contribution >= 4 is 11.3 Å². The summed E-state index contributed by atoms with van der Waals surface area (Å²) < 4.78 is 5.47. The van der Waals surface area contributed by atoms with Crippen LogP contribution in [-0.4, -0.2) is 12.1 Å². The van der Waals surface area contributed by atoms with Crippen LogP contribution in [0.4, 0.5) is 0 Å². The molecule has 1 heterocycles. The van der Waals surface area contributed by atoms with E-state index in [1.807, 2.05) is 29.6 Å². The maximum atomic E-state index is 8.79. The number of benzene rings is 1. The predicted molar refractivity (Wildman–Crippen MR) is 76.9 cm³/mol. The van der Waals surface area contributed by atoms with Crippen molar-refractivity contribution in [2.45, 2.75) is 25.9 Å². The maximum absolute atomic E-state index is 8.79. The molecule has 1 atom stereocenters. The summed E-state index contributed by atoms with van der Waals surface area (Å²) in [6.45, 7) is 2.14. The van der Waals surface area contributed by atoms with Crippen LogP contribution in [0.25, 0.3) is 11.3 Å². The summed E-state index contributed by atoms with van der Waals surface area (Å²) in [7, 11) is 1.73. The smallest absolute Gasteiger partial charge is 0.122 e. The molecule has 0 aliphatic carbocycles. The van der Waals surface area contributed by atoms with Crippen LogP contribution in [0, 0.1) is 11.3 Å². The first kappa shape index (κ1) is 13.7. The zero-order valence-electron chi connectivity index (χ0n) is 11.1. The average Bonchev–Trinajstić information content (AvgIpc) is 2.94. The molecule has 0 aliphatic heterocycles. The van der Waals surface area contributed by atoms with Gasteiger partial charge in [-0.3, -0.25) is 0 Å². The average molecular weight is 272 g/mol. The second-order valence-corrected chi connectivity index (χ2v) is 5.16. The third-order valence-corrected chi connectivity index (χ3v) is 3.88. The predicted octanol–water partition coefficient (Wildman–Crippen LogP) is 4.17. The van der Waals surface area contributed by atoms with Crippen molar-refractivity contribution in [3.8, 4) is 17.3 Å². The summed E-state index contributed by atoms with van der Waals surface area (Å²) in [5.41, 5.74) is 2.65. The number of thiazole rings is 1. The molecule has 0 saturated carbocycles. The monoisotopic (exact) mass is 272 g/mol. The summed E-state index contributed by atoms with van der Waals surface area (Å²) in [6, 6.07) is 9.60. The Labute approximate surface area is 117 Å². The summed E-state index contributed by atoms with van der Waals surface area (Å²) in [5, 5.41) is 11.8. The maximum Gasteiger partial charge on any atom is 0.122 e. The van der Waals surface area contributed by atoms with Crippen molar-refractivity contribution in [2.24, 2.45) is 0 Å². The van der Waals surface area contributed by atoms with Gasteiger partial charge >= 0.3 is 0 Å². The van der Waals surface area contributed by atoms with E-state index in [4.69, 9.17) is 10.00 Å². The van der Waals surface area contributed by atoms with Crippen LogP contribution in [0.5, 0.6) is 0 Å². The molecule has 0 spiro atoms. The largest absolute Gasteiger partial charge is 0.374 e. The molecule has 0 aliphatic rings. The minimum atomic E-state index is 0.0853. The Hall–Kier alpha value is -1.70. The van der Waals surface area contributed by atoms with Gasteiger partial charge in [-0.15, -0.1) is 11.3 Å². The summed E-state index contributed by atoms with van der Waals surface area (Å²) in [6.07, 6.45) is 2.14. The van der Waals surface area contributed by atoms with Crippen LogP contribution in [0.15, 0.2) is 29.6 Å². The molecule has 0 radical (unpaired) electrons. The fourth-order valence-corrected chi connectivity index (χ4v) is 2.83. The van der Waals surface area contributed by atoms with E-state index < -0.39 is 0 Å². The van der Waals surface area contributed by atoms with Crippen LogP contribution in [0.3, 0.4) is 0 Å². The van der Waals surface area contributed by atoms with Crippen molar-refractivity contribution in [3.05, 3.63) is 40.2 Å². The first-order chi connectivity index (χ1) is 9.28. The minimum Gasteiger partial charge on any atom is -0.374 e.